The first-order chi connectivity index (χ1) is 14.7. The maximum absolute atomic E-state index is 11.7. The molecule has 0 saturated carbocycles. The smallest absolute Gasteiger partial charge is 0.219 e. The Morgan fingerprint density at radius 1 is 0.667 bits per heavy atom. The Bertz CT molecular complexity index is 350. The second kappa shape index (κ2) is 25.0. The van der Waals surface area contributed by atoms with Gasteiger partial charge in [-0.1, -0.05) is 90.4 Å². The molecule has 0 unspecified atom stereocenters. The molecule has 0 bridgehead atoms. The highest BCUT2D eigenvalue weighted by Gasteiger charge is 2.01. The lowest BCUT2D eigenvalue weighted by Gasteiger charge is -2.09. The molecule has 0 aromatic carbocycles. The van der Waals surface area contributed by atoms with Gasteiger partial charge >= 0.3 is 0 Å². The fourth-order valence-electron chi connectivity index (χ4n) is 3.70. The number of hydrogen-bond donors (Lipinski definition) is 1. The molecule has 0 atom stereocenters. The first-order valence-electron chi connectivity index (χ1n) is 13.2. The topological polar surface area (TPSA) is 32.3 Å². The number of nitrogens with one attached hydrogen (secondary N) is 1. The molecule has 30 heavy (non-hydrogen) atoms. The Morgan fingerprint density at radius 2 is 1.13 bits per heavy atom. The third-order valence-corrected chi connectivity index (χ3v) is 6.84. The Balaban J connectivity index is 3.10. The van der Waals surface area contributed by atoms with E-state index in [4.69, 9.17) is 0 Å². The molecule has 0 aliphatic carbocycles. The quantitative estimate of drug-likeness (QED) is 0.158. The summed E-state index contributed by atoms with van der Waals surface area (Å²) in [5, 5.41) is 3.02. The van der Waals surface area contributed by atoms with Crippen LogP contribution in [-0.4, -0.2) is 49.5 Å². The van der Waals surface area contributed by atoms with E-state index < -0.39 is 0 Å². The number of hydrogen-bond acceptors (Lipinski definition) is 3. The number of rotatable bonds is 24. The van der Waals surface area contributed by atoms with Crippen molar-refractivity contribution >= 4 is 17.7 Å². The van der Waals surface area contributed by atoms with Gasteiger partial charge in [0.15, 0.2) is 0 Å². The minimum atomic E-state index is 0.228. The van der Waals surface area contributed by atoms with Gasteiger partial charge in [0.2, 0.25) is 5.91 Å². The van der Waals surface area contributed by atoms with Crippen LogP contribution >= 0.6 is 11.8 Å². The summed E-state index contributed by atoms with van der Waals surface area (Å²) in [5.74, 6) is 2.74. The molecule has 0 heterocycles. The summed E-state index contributed by atoms with van der Waals surface area (Å²) in [6.45, 7) is 4.14. The fraction of sp³-hybridized carbons (Fsp3) is 0.962. The molecule has 0 aliphatic heterocycles. The van der Waals surface area contributed by atoms with Crippen molar-refractivity contribution in [1.29, 1.82) is 0 Å². The van der Waals surface area contributed by atoms with Crippen molar-refractivity contribution in [3.63, 3.8) is 0 Å². The van der Waals surface area contributed by atoms with Gasteiger partial charge in [0.05, 0.1) is 0 Å². The van der Waals surface area contributed by atoms with Gasteiger partial charge in [-0.15, -0.1) is 0 Å². The van der Waals surface area contributed by atoms with Crippen LogP contribution in [-0.2, 0) is 4.79 Å². The molecule has 0 aromatic rings. The second-order valence-electron chi connectivity index (χ2n) is 9.17. The number of amides is 1. The molecule has 1 N–H and O–H groups in total. The van der Waals surface area contributed by atoms with E-state index in [1.807, 2.05) is 0 Å². The highest BCUT2D eigenvalue weighted by molar-refractivity contribution is 7.99. The average molecular weight is 443 g/mol. The molecule has 0 radical (unpaired) electrons. The van der Waals surface area contributed by atoms with Crippen LogP contribution < -0.4 is 5.32 Å². The maximum Gasteiger partial charge on any atom is 0.219 e. The summed E-state index contributed by atoms with van der Waals surface area (Å²) >= 11 is 2.08. The molecule has 0 rings (SSSR count). The Kier molecular flexibility index (Phi) is 24.9. The first kappa shape index (κ1) is 29.8. The van der Waals surface area contributed by atoms with E-state index in [-0.39, 0.29) is 5.91 Å². The van der Waals surface area contributed by atoms with Gasteiger partial charge in [0, 0.05) is 13.0 Å². The largest absolute Gasteiger partial charge is 0.356 e. The molecule has 0 aromatic heterocycles. The van der Waals surface area contributed by atoms with Crippen molar-refractivity contribution in [2.24, 2.45) is 0 Å². The zero-order chi connectivity index (χ0) is 22.1. The zero-order valence-electron chi connectivity index (χ0n) is 20.8. The first-order valence-corrected chi connectivity index (χ1v) is 14.3. The van der Waals surface area contributed by atoms with Crippen LogP contribution in [0.4, 0.5) is 0 Å². The Labute approximate surface area is 193 Å². The van der Waals surface area contributed by atoms with Crippen molar-refractivity contribution in [2.45, 2.75) is 122 Å². The van der Waals surface area contributed by atoms with Crippen molar-refractivity contribution < 1.29 is 4.79 Å². The minimum absolute atomic E-state index is 0.228. The van der Waals surface area contributed by atoms with Gasteiger partial charge in [-0.3, -0.25) is 4.79 Å². The molecular weight excluding hydrogens is 388 g/mol. The average Bonchev–Trinajstić information content (AvgIpc) is 2.72. The molecule has 0 saturated heterocycles. The van der Waals surface area contributed by atoms with Crippen molar-refractivity contribution in [1.82, 2.24) is 10.2 Å². The van der Waals surface area contributed by atoms with Gasteiger partial charge in [0.1, 0.15) is 0 Å². The van der Waals surface area contributed by atoms with Crippen molar-refractivity contribution in [3.8, 4) is 0 Å². The molecule has 3 nitrogen and oxygen atoms in total. The lowest BCUT2D eigenvalue weighted by molar-refractivity contribution is -0.121. The number of carbonyl (C=O) groups excluding carboxylic acids is 1. The van der Waals surface area contributed by atoms with E-state index in [1.165, 1.54) is 108 Å². The Morgan fingerprint density at radius 3 is 1.63 bits per heavy atom. The van der Waals surface area contributed by atoms with Crippen LogP contribution in [0.2, 0.25) is 0 Å². The maximum atomic E-state index is 11.7. The second-order valence-corrected chi connectivity index (χ2v) is 10.4. The SMILES string of the molecule is CCCCCCCCCCCCCCCCSCCCCC(=O)NCCCN(C)C. The summed E-state index contributed by atoms with van der Waals surface area (Å²) in [6, 6.07) is 0. The predicted molar refractivity (Wildman–Crippen MR) is 138 cm³/mol. The number of thioether (sulfide) groups is 1. The fourth-order valence-corrected chi connectivity index (χ4v) is 4.72. The summed E-state index contributed by atoms with van der Waals surface area (Å²) < 4.78 is 0. The molecule has 0 spiro atoms. The van der Waals surface area contributed by atoms with E-state index >= 15 is 0 Å². The highest BCUT2D eigenvalue weighted by Crippen LogP contribution is 2.14. The Hall–Kier alpha value is -0.220. The normalized spacial score (nSPS) is 11.3. The summed E-state index contributed by atoms with van der Waals surface area (Å²) in [6.07, 6.45) is 24.0. The third kappa shape index (κ3) is 25.8. The van der Waals surface area contributed by atoms with Gasteiger partial charge in [-0.25, -0.2) is 0 Å². The minimum Gasteiger partial charge on any atom is -0.356 e. The molecule has 0 aliphatic rings. The summed E-state index contributed by atoms with van der Waals surface area (Å²) in [7, 11) is 4.14. The van der Waals surface area contributed by atoms with Gasteiger partial charge in [0.25, 0.3) is 0 Å². The van der Waals surface area contributed by atoms with Crippen molar-refractivity contribution in [3.05, 3.63) is 0 Å². The summed E-state index contributed by atoms with van der Waals surface area (Å²) in [5.41, 5.74) is 0. The molecule has 0 fully saturated rings. The van der Waals surface area contributed by atoms with Crippen LogP contribution in [0.1, 0.15) is 122 Å². The van der Waals surface area contributed by atoms with E-state index in [2.05, 4.69) is 43.0 Å². The number of nitrogens with zero attached hydrogens (tertiary/aromatic N) is 1. The number of carbonyl (C=O) groups is 1. The van der Waals surface area contributed by atoms with Crippen LogP contribution in [0.15, 0.2) is 0 Å². The van der Waals surface area contributed by atoms with Crippen LogP contribution in [0.25, 0.3) is 0 Å². The molecular formula is C26H54N2OS. The van der Waals surface area contributed by atoms with Gasteiger partial charge in [-0.2, -0.15) is 11.8 Å². The van der Waals surface area contributed by atoms with Crippen LogP contribution in [0.5, 0.6) is 0 Å². The molecule has 180 valence electrons. The molecule has 4 heteroatoms. The van der Waals surface area contributed by atoms with E-state index in [9.17, 15) is 4.79 Å². The standard InChI is InChI=1S/C26H54N2OS/c1-4-5-6-7-8-9-10-11-12-13-14-15-16-18-24-30-25-19-17-21-26(29)27-22-20-23-28(2)3/h4-25H2,1-3H3,(H,27,29). The van der Waals surface area contributed by atoms with Gasteiger partial charge < -0.3 is 10.2 Å². The monoisotopic (exact) mass is 442 g/mol. The molecule has 1 amide bonds. The van der Waals surface area contributed by atoms with Crippen LogP contribution in [0.3, 0.4) is 0 Å². The zero-order valence-corrected chi connectivity index (χ0v) is 21.6. The van der Waals surface area contributed by atoms with Crippen molar-refractivity contribution in [2.75, 3.05) is 38.7 Å². The van der Waals surface area contributed by atoms with E-state index in [0.29, 0.717) is 6.42 Å². The third-order valence-electron chi connectivity index (χ3n) is 5.69. The van der Waals surface area contributed by atoms with E-state index in [1.54, 1.807) is 0 Å². The van der Waals surface area contributed by atoms with E-state index in [0.717, 1.165) is 25.9 Å². The summed E-state index contributed by atoms with van der Waals surface area (Å²) in [4.78, 5) is 13.9. The van der Waals surface area contributed by atoms with Crippen LogP contribution in [0, 0.1) is 0 Å². The lowest BCUT2D eigenvalue weighted by Crippen LogP contribution is -2.26. The number of unbranched alkanes of at least 4 members (excludes halogenated alkanes) is 14. The highest BCUT2D eigenvalue weighted by atomic mass is 32.2. The lowest BCUT2D eigenvalue weighted by atomic mass is 10.0. The predicted octanol–water partition coefficient (Wildman–Crippen LogP) is 7.44. The van der Waals surface area contributed by atoms with Gasteiger partial charge in [-0.05, 0) is 57.8 Å².